The molecule has 5 heteroatoms. The van der Waals surface area contributed by atoms with Crippen molar-refractivity contribution in [3.05, 3.63) is 29.3 Å². The Morgan fingerprint density at radius 2 is 2.13 bits per heavy atom. The van der Waals surface area contributed by atoms with E-state index in [1.54, 1.807) is 0 Å². The highest BCUT2D eigenvalue weighted by atomic mass is 19.3. The molecule has 0 aliphatic carbocycles. The lowest BCUT2D eigenvalue weighted by Gasteiger charge is -2.07. The van der Waals surface area contributed by atoms with Crippen LogP contribution in [0.15, 0.2) is 18.2 Å². The summed E-state index contributed by atoms with van der Waals surface area (Å²) in [5.41, 5.74) is 0.205. The molecule has 0 amide bonds. The van der Waals surface area contributed by atoms with Gasteiger partial charge in [0.15, 0.2) is 12.1 Å². The molecule has 0 aliphatic heterocycles. The highest BCUT2D eigenvalue weighted by Crippen LogP contribution is 2.21. The second-order valence-electron chi connectivity index (χ2n) is 2.81. The quantitative estimate of drug-likeness (QED) is 0.570. The van der Waals surface area contributed by atoms with Crippen LogP contribution in [0.2, 0.25) is 0 Å². The second-order valence-corrected chi connectivity index (χ2v) is 2.81. The molecule has 0 aromatic heterocycles. The number of hydrogen-bond acceptors (Lipinski definition) is 3. The fourth-order valence-electron chi connectivity index (χ4n) is 1.05. The molecule has 0 heterocycles. The van der Waals surface area contributed by atoms with Gasteiger partial charge in [0.25, 0.3) is 0 Å². The molecule has 1 aromatic rings. The Bertz CT molecular complexity index is 388. The van der Waals surface area contributed by atoms with Crippen molar-refractivity contribution in [3.63, 3.8) is 0 Å². The van der Waals surface area contributed by atoms with E-state index in [0.29, 0.717) is 6.29 Å². The molecule has 0 bridgehead atoms. The summed E-state index contributed by atoms with van der Waals surface area (Å²) >= 11 is 0. The standard InChI is InChI=1S/C10H8F2O3/c1-6(14)7-2-3-8(5-13)9(4-7)15-10(11)12/h2-5,10H,1H3. The number of hydrogen-bond donors (Lipinski definition) is 0. The van der Waals surface area contributed by atoms with Gasteiger partial charge in [-0.05, 0) is 19.1 Å². The number of alkyl halides is 2. The van der Waals surface area contributed by atoms with E-state index < -0.39 is 6.61 Å². The Labute approximate surface area is 84.7 Å². The minimum atomic E-state index is -3.02. The van der Waals surface area contributed by atoms with Gasteiger partial charge in [-0.3, -0.25) is 9.59 Å². The number of carbonyl (C=O) groups excluding carboxylic acids is 2. The van der Waals surface area contributed by atoms with Gasteiger partial charge in [-0.15, -0.1) is 0 Å². The maximum atomic E-state index is 11.9. The number of halogens is 2. The Morgan fingerprint density at radius 3 is 2.60 bits per heavy atom. The van der Waals surface area contributed by atoms with E-state index in [1.807, 2.05) is 0 Å². The maximum absolute atomic E-state index is 11.9. The van der Waals surface area contributed by atoms with Crippen molar-refractivity contribution >= 4 is 12.1 Å². The molecule has 80 valence electrons. The minimum absolute atomic E-state index is 0.0136. The first-order chi connectivity index (χ1) is 7.04. The van der Waals surface area contributed by atoms with Crippen molar-refractivity contribution in [2.24, 2.45) is 0 Å². The number of benzene rings is 1. The molecule has 0 saturated carbocycles. The van der Waals surface area contributed by atoms with Crippen LogP contribution in [0, 0.1) is 0 Å². The van der Waals surface area contributed by atoms with Crippen molar-refractivity contribution < 1.29 is 23.1 Å². The van der Waals surface area contributed by atoms with Gasteiger partial charge in [-0.25, -0.2) is 0 Å². The molecule has 0 aliphatic rings. The number of ether oxygens (including phenoxy) is 1. The van der Waals surface area contributed by atoms with Gasteiger partial charge in [0, 0.05) is 5.56 Å². The van der Waals surface area contributed by atoms with E-state index >= 15 is 0 Å². The van der Waals surface area contributed by atoms with Crippen molar-refractivity contribution in [1.82, 2.24) is 0 Å². The van der Waals surface area contributed by atoms with E-state index in [4.69, 9.17) is 0 Å². The molecule has 1 rings (SSSR count). The number of rotatable bonds is 4. The molecule has 0 unspecified atom stereocenters. The molecule has 0 atom stereocenters. The monoisotopic (exact) mass is 214 g/mol. The first kappa shape index (κ1) is 11.3. The van der Waals surface area contributed by atoms with Gasteiger partial charge in [0.2, 0.25) is 0 Å². The lowest BCUT2D eigenvalue weighted by molar-refractivity contribution is -0.0501. The lowest BCUT2D eigenvalue weighted by atomic mass is 10.1. The lowest BCUT2D eigenvalue weighted by Crippen LogP contribution is -2.05. The molecule has 0 fully saturated rings. The largest absolute Gasteiger partial charge is 0.434 e. The fourth-order valence-corrected chi connectivity index (χ4v) is 1.05. The van der Waals surface area contributed by atoms with Crippen LogP contribution in [0.5, 0.6) is 5.75 Å². The smallest absolute Gasteiger partial charge is 0.387 e. The third-order valence-corrected chi connectivity index (χ3v) is 1.76. The van der Waals surface area contributed by atoms with Crippen LogP contribution in [-0.2, 0) is 0 Å². The van der Waals surface area contributed by atoms with E-state index in [9.17, 15) is 18.4 Å². The molecule has 3 nitrogen and oxygen atoms in total. The highest BCUT2D eigenvalue weighted by molar-refractivity contribution is 5.95. The van der Waals surface area contributed by atoms with Crippen molar-refractivity contribution in [2.45, 2.75) is 13.5 Å². The van der Waals surface area contributed by atoms with Crippen LogP contribution < -0.4 is 4.74 Å². The molecule has 0 N–H and O–H groups in total. The summed E-state index contributed by atoms with van der Waals surface area (Å²) in [5, 5.41) is 0. The summed E-state index contributed by atoms with van der Waals surface area (Å²) in [7, 11) is 0. The molecular formula is C10H8F2O3. The van der Waals surface area contributed by atoms with Crippen molar-refractivity contribution in [1.29, 1.82) is 0 Å². The van der Waals surface area contributed by atoms with Gasteiger partial charge in [0.1, 0.15) is 5.75 Å². The number of aldehydes is 1. The summed E-state index contributed by atoms with van der Waals surface area (Å²) in [6, 6.07) is 3.77. The average molecular weight is 214 g/mol. The highest BCUT2D eigenvalue weighted by Gasteiger charge is 2.11. The van der Waals surface area contributed by atoms with Crippen molar-refractivity contribution in [3.8, 4) is 5.75 Å². The van der Waals surface area contributed by atoms with Crippen LogP contribution in [-0.4, -0.2) is 18.7 Å². The molecule has 1 aromatic carbocycles. The molecule has 15 heavy (non-hydrogen) atoms. The van der Waals surface area contributed by atoms with Gasteiger partial charge in [-0.2, -0.15) is 8.78 Å². The Morgan fingerprint density at radius 1 is 1.47 bits per heavy atom. The van der Waals surface area contributed by atoms with E-state index in [0.717, 1.165) is 6.07 Å². The summed E-state index contributed by atoms with van der Waals surface area (Å²) in [4.78, 5) is 21.4. The fraction of sp³-hybridized carbons (Fsp3) is 0.200. The van der Waals surface area contributed by atoms with E-state index in [-0.39, 0.29) is 22.7 Å². The summed E-state index contributed by atoms with van der Waals surface area (Å²) in [6.45, 7) is -1.73. The van der Waals surface area contributed by atoms with Crippen LogP contribution in [0.25, 0.3) is 0 Å². The Kier molecular flexibility index (Phi) is 3.49. The zero-order valence-corrected chi connectivity index (χ0v) is 7.87. The molecule has 0 spiro atoms. The zero-order chi connectivity index (χ0) is 11.4. The zero-order valence-electron chi connectivity index (χ0n) is 7.87. The van der Waals surface area contributed by atoms with Crippen LogP contribution in [0.1, 0.15) is 27.6 Å². The van der Waals surface area contributed by atoms with Crippen molar-refractivity contribution in [2.75, 3.05) is 0 Å². The first-order valence-corrected chi connectivity index (χ1v) is 4.09. The van der Waals surface area contributed by atoms with Gasteiger partial charge in [-0.1, -0.05) is 6.07 Å². The average Bonchev–Trinajstić information content (AvgIpc) is 2.16. The van der Waals surface area contributed by atoms with Gasteiger partial charge in [0.05, 0.1) is 5.56 Å². The van der Waals surface area contributed by atoms with Crippen LogP contribution >= 0.6 is 0 Å². The van der Waals surface area contributed by atoms with E-state index in [1.165, 1.54) is 19.1 Å². The normalized spacial score (nSPS) is 10.1. The molecule has 0 saturated heterocycles. The van der Waals surface area contributed by atoms with Gasteiger partial charge >= 0.3 is 6.61 Å². The number of ketones is 1. The number of carbonyl (C=O) groups is 2. The Hall–Kier alpha value is -1.78. The summed E-state index contributed by atoms with van der Waals surface area (Å²) in [5.74, 6) is -0.570. The van der Waals surface area contributed by atoms with Gasteiger partial charge < -0.3 is 4.74 Å². The molecule has 0 radical (unpaired) electrons. The van der Waals surface area contributed by atoms with E-state index in [2.05, 4.69) is 4.74 Å². The number of Topliss-reactive ketones (excluding diaryl/α,β-unsaturated/α-hetero) is 1. The maximum Gasteiger partial charge on any atom is 0.387 e. The predicted octanol–water partition coefficient (Wildman–Crippen LogP) is 2.30. The second kappa shape index (κ2) is 4.63. The third kappa shape index (κ3) is 2.83. The Balaban J connectivity index is 3.12. The topological polar surface area (TPSA) is 43.4 Å². The summed E-state index contributed by atoms with van der Waals surface area (Å²) < 4.78 is 28.0. The van der Waals surface area contributed by atoms with Crippen LogP contribution in [0.4, 0.5) is 8.78 Å². The summed E-state index contributed by atoms with van der Waals surface area (Å²) in [6.07, 6.45) is 0.391. The predicted molar refractivity (Wildman–Crippen MR) is 48.5 cm³/mol. The van der Waals surface area contributed by atoms with Crippen LogP contribution in [0.3, 0.4) is 0 Å². The molecular weight excluding hydrogens is 206 g/mol. The third-order valence-electron chi connectivity index (χ3n) is 1.76. The first-order valence-electron chi connectivity index (χ1n) is 4.09. The minimum Gasteiger partial charge on any atom is -0.434 e. The SMILES string of the molecule is CC(=O)c1ccc(C=O)c(OC(F)F)c1.